The van der Waals surface area contributed by atoms with E-state index in [1.165, 1.54) is 5.69 Å². The maximum Gasteiger partial charge on any atom is 0.245 e. The molecule has 2 saturated heterocycles. The van der Waals surface area contributed by atoms with Crippen LogP contribution in [0.3, 0.4) is 0 Å². The molecule has 1 aromatic heterocycles. The summed E-state index contributed by atoms with van der Waals surface area (Å²) in [7, 11) is 0. The van der Waals surface area contributed by atoms with Crippen molar-refractivity contribution in [2.45, 2.75) is 71.0 Å². The van der Waals surface area contributed by atoms with E-state index < -0.39 is 0 Å². The maximum absolute atomic E-state index is 13.2. The van der Waals surface area contributed by atoms with Crippen LogP contribution in [0, 0.1) is 11.3 Å². The van der Waals surface area contributed by atoms with Crippen LogP contribution in [-0.2, 0) is 22.6 Å². The Hall–Kier alpha value is -2.81. The third-order valence-corrected chi connectivity index (χ3v) is 6.77. The molecule has 0 aliphatic carbocycles. The van der Waals surface area contributed by atoms with Crippen molar-refractivity contribution in [2.75, 3.05) is 13.1 Å². The van der Waals surface area contributed by atoms with Gasteiger partial charge in [-0.3, -0.25) is 9.59 Å². The summed E-state index contributed by atoms with van der Waals surface area (Å²) in [6.45, 7) is 6.05. The van der Waals surface area contributed by atoms with Gasteiger partial charge in [0, 0.05) is 43.8 Å². The molecular weight excluding hydrogens is 376 g/mol. The predicted octanol–water partition coefficient (Wildman–Crippen LogP) is 3.47. The van der Waals surface area contributed by atoms with E-state index in [0.29, 0.717) is 12.1 Å². The second kappa shape index (κ2) is 8.51. The van der Waals surface area contributed by atoms with Crippen molar-refractivity contribution in [3.05, 3.63) is 35.5 Å². The highest BCUT2D eigenvalue weighted by Gasteiger charge is 2.38. The summed E-state index contributed by atoms with van der Waals surface area (Å²) in [6.07, 6.45) is 5.59. The molecule has 0 N–H and O–H groups in total. The van der Waals surface area contributed by atoms with Gasteiger partial charge >= 0.3 is 0 Å². The second-order valence-electron chi connectivity index (χ2n) is 8.50. The maximum atomic E-state index is 13.2. The zero-order valence-corrected chi connectivity index (χ0v) is 17.9. The topological polar surface area (TPSA) is 69.3 Å². The Morgan fingerprint density at radius 3 is 2.63 bits per heavy atom. The molecule has 1 aromatic carbocycles. The fourth-order valence-electron chi connectivity index (χ4n) is 5.29. The summed E-state index contributed by atoms with van der Waals surface area (Å²) in [5.74, 6) is 0.144. The van der Waals surface area contributed by atoms with Crippen LogP contribution in [0.1, 0.15) is 57.2 Å². The first-order chi connectivity index (χ1) is 14.5. The molecule has 0 saturated carbocycles. The van der Waals surface area contributed by atoms with Gasteiger partial charge in [0.1, 0.15) is 6.04 Å². The lowest BCUT2D eigenvalue weighted by Crippen LogP contribution is -2.48. The number of benzene rings is 1. The number of rotatable bonds is 5. The van der Waals surface area contributed by atoms with E-state index in [1.54, 1.807) is 11.8 Å². The minimum absolute atomic E-state index is 0.00537. The molecule has 2 unspecified atom stereocenters. The van der Waals surface area contributed by atoms with E-state index in [4.69, 9.17) is 0 Å². The zero-order chi connectivity index (χ0) is 21.3. The van der Waals surface area contributed by atoms with Gasteiger partial charge in [0.25, 0.3) is 0 Å². The number of aryl methyl sites for hydroxylation is 2. The minimum Gasteiger partial charge on any atom is -0.345 e. The van der Waals surface area contributed by atoms with Crippen molar-refractivity contribution < 1.29 is 9.59 Å². The lowest BCUT2D eigenvalue weighted by molar-refractivity contribution is -0.143. The quantitative estimate of drug-likeness (QED) is 0.763. The number of amides is 2. The van der Waals surface area contributed by atoms with E-state index in [9.17, 15) is 14.9 Å². The molecule has 2 aliphatic heterocycles. The van der Waals surface area contributed by atoms with Crippen LogP contribution >= 0.6 is 0 Å². The minimum atomic E-state index is -0.269. The van der Waals surface area contributed by atoms with Gasteiger partial charge in [-0.15, -0.1) is 0 Å². The van der Waals surface area contributed by atoms with Gasteiger partial charge in [0.15, 0.2) is 0 Å². The molecule has 2 aromatic rings. The number of fused-ring (bicyclic) bond motifs is 1. The largest absolute Gasteiger partial charge is 0.345 e. The first-order valence-corrected chi connectivity index (χ1v) is 11.1. The Balaban J connectivity index is 1.49. The van der Waals surface area contributed by atoms with Gasteiger partial charge in [-0.05, 0) is 69.0 Å². The normalized spacial score (nSPS) is 21.4. The standard InChI is InChI=1S/C24H30N4O2/c1-3-26-21(15-19-9-8-18(16-25)14-23(19)26)11-10-20-6-4-13-28(20)24(30)22-7-5-12-27(22)17(2)29/h8-9,14-15,20,22H,3-7,10-13H2,1-2H3. The molecule has 2 atom stereocenters. The number of carbonyl (C=O) groups is 2. The van der Waals surface area contributed by atoms with Crippen molar-refractivity contribution >= 4 is 22.7 Å². The molecule has 3 heterocycles. The third kappa shape index (κ3) is 3.69. The molecule has 6 heteroatoms. The molecule has 30 heavy (non-hydrogen) atoms. The smallest absolute Gasteiger partial charge is 0.245 e. The SMILES string of the molecule is CCn1c(CCC2CCCN2C(=O)C2CCCN2C(C)=O)cc2ccc(C#N)cc21. The van der Waals surface area contributed by atoms with E-state index in [2.05, 4.69) is 23.6 Å². The first kappa shape index (κ1) is 20.5. The van der Waals surface area contributed by atoms with Crippen molar-refractivity contribution in [1.82, 2.24) is 14.4 Å². The number of hydrogen-bond donors (Lipinski definition) is 0. The van der Waals surface area contributed by atoms with Crippen LogP contribution < -0.4 is 0 Å². The highest BCUT2D eigenvalue weighted by Crippen LogP contribution is 2.28. The summed E-state index contributed by atoms with van der Waals surface area (Å²) in [5.41, 5.74) is 3.04. The van der Waals surface area contributed by atoms with Gasteiger partial charge in [-0.1, -0.05) is 6.07 Å². The number of aromatic nitrogens is 1. The number of likely N-dealkylation sites (tertiary alicyclic amines) is 2. The van der Waals surface area contributed by atoms with Gasteiger partial charge in [-0.25, -0.2) is 0 Å². The third-order valence-electron chi connectivity index (χ3n) is 6.77. The predicted molar refractivity (Wildman–Crippen MR) is 116 cm³/mol. The van der Waals surface area contributed by atoms with Crippen molar-refractivity contribution in [1.29, 1.82) is 5.26 Å². The summed E-state index contributed by atoms with van der Waals surface area (Å²) in [5, 5.41) is 10.4. The molecule has 4 rings (SSSR count). The summed E-state index contributed by atoms with van der Waals surface area (Å²) in [4.78, 5) is 28.9. The Morgan fingerprint density at radius 1 is 1.13 bits per heavy atom. The van der Waals surface area contributed by atoms with E-state index in [-0.39, 0.29) is 23.9 Å². The highest BCUT2D eigenvalue weighted by molar-refractivity contribution is 5.88. The summed E-state index contributed by atoms with van der Waals surface area (Å²) < 4.78 is 2.28. The van der Waals surface area contributed by atoms with Crippen LogP contribution in [0.25, 0.3) is 10.9 Å². The fourth-order valence-corrected chi connectivity index (χ4v) is 5.29. The van der Waals surface area contributed by atoms with E-state index in [1.807, 2.05) is 23.1 Å². The Morgan fingerprint density at radius 2 is 1.90 bits per heavy atom. The van der Waals surface area contributed by atoms with Gasteiger partial charge in [-0.2, -0.15) is 5.26 Å². The number of hydrogen-bond acceptors (Lipinski definition) is 3. The molecule has 6 nitrogen and oxygen atoms in total. The molecule has 158 valence electrons. The van der Waals surface area contributed by atoms with Crippen LogP contribution in [0.15, 0.2) is 24.3 Å². The average Bonchev–Trinajstić information content (AvgIpc) is 3.48. The Labute approximate surface area is 178 Å². The van der Waals surface area contributed by atoms with Gasteiger partial charge in [0.2, 0.25) is 11.8 Å². The summed E-state index contributed by atoms with van der Waals surface area (Å²) >= 11 is 0. The van der Waals surface area contributed by atoms with Crippen molar-refractivity contribution in [3.8, 4) is 6.07 Å². The van der Waals surface area contributed by atoms with Crippen LogP contribution in [0.2, 0.25) is 0 Å². The summed E-state index contributed by atoms with van der Waals surface area (Å²) in [6, 6.07) is 10.3. The number of nitrogens with zero attached hydrogens (tertiary/aromatic N) is 4. The molecule has 0 spiro atoms. The molecule has 0 radical (unpaired) electrons. The van der Waals surface area contributed by atoms with Gasteiger partial charge < -0.3 is 14.4 Å². The monoisotopic (exact) mass is 406 g/mol. The van der Waals surface area contributed by atoms with Crippen molar-refractivity contribution in [3.63, 3.8) is 0 Å². The molecule has 0 bridgehead atoms. The lowest BCUT2D eigenvalue weighted by atomic mass is 10.1. The van der Waals surface area contributed by atoms with Crippen LogP contribution in [0.4, 0.5) is 0 Å². The number of nitriles is 1. The van der Waals surface area contributed by atoms with Crippen molar-refractivity contribution in [2.24, 2.45) is 0 Å². The van der Waals surface area contributed by atoms with E-state index in [0.717, 1.165) is 62.5 Å². The number of carbonyl (C=O) groups excluding carboxylic acids is 2. The molecule has 2 fully saturated rings. The Bertz CT molecular complexity index is 1000. The molecule has 2 aliphatic rings. The molecular formula is C24H30N4O2. The average molecular weight is 407 g/mol. The second-order valence-corrected chi connectivity index (χ2v) is 8.50. The first-order valence-electron chi connectivity index (χ1n) is 11.1. The lowest BCUT2D eigenvalue weighted by Gasteiger charge is -2.31. The molecule has 2 amide bonds. The fraction of sp³-hybridized carbons (Fsp3) is 0.542. The van der Waals surface area contributed by atoms with Crippen LogP contribution in [-0.4, -0.2) is 51.4 Å². The van der Waals surface area contributed by atoms with Crippen LogP contribution in [0.5, 0.6) is 0 Å². The zero-order valence-electron chi connectivity index (χ0n) is 17.9. The van der Waals surface area contributed by atoms with Gasteiger partial charge in [0.05, 0.1) is 11.6 Å². The highest BCUT2D eigenvalue weighted by atomic mass is 16.2. The van der Waals surface area contributed by atoms with E-state index >= 15 is 0 Å². The Kier molecular flexibility index (Phi) is 5.80.